The van der Waals surface area contributed by atoms with Crippen LogP contribution in [0.2, 0.25) is 0 Å². The molecule has 0 bridgehead atoms. The highest BCUT2D eigenvalue weighted by atomic mass is 33.1. The van der Waals surface area contributed by atoms with Gasteiger partial charge in [0.05, 0.1) is 0 Å². The van der Waals surface area contributed by atoms with Crippen molar-refractivity contribution in [2.75, 3.05) is 19.0 Å². The van der Waals surface area contributed by atoms with Crippen LogP contribution in [0, 0.1) is 7.11 Å². The molecule has 16 heavy (non-hydrogen) atoms. The molecular weight excluding hydrogens is 246 g/mol. The summed E-state index contributed by atoms with van der Waals surface area (Å²) in [5.41, 5.74) is 0. The number of pyridine rings is 1. The molecule has 0 aliphatic heterocycles. The molecule has 0 N–H and O–H groups in total. The van der Waals surface area contributed by atoms with Gasteiger partial charge in [0, 0.05) is 11.9 Å². The summed E-state index contributed by atoms with van der Waals surface area (Å²) in [6.07, 6.45) is 1.74. The van der Waals surface area contributed by atoms with Gasteiger partial charge in [-0.15, -0.1) is 0 Å². The number of nitrogens with zero attached hydrogens (tertiary/aromatic N) is 1. The predicted octanol–water partition coefficient (Wildman–Crippen LogP) is 2.17. The minimum absolute atomic E-state index is 0.0992. The van der Waals surface area contributed by atoms with E-state index in [1.165, 1.54) is 0 Å². The van der Waals surface area contributed by atoms with Crippen molar-refractivity contribution in [3.05, 3.63) is 31.5 Å². The molecule has 6 heteroatoms. The second kappa shape index (κ2) is 8.43. The van der Waals surface area contributed by atoms with Crippen molar-refractivity contribution in [2.45, 2.75) is 5.03 Å². The van der Waals surface area contributed by atoms with Crippen LogP contribution in [0.5, 0.6) is 0 Å². The molecule has 0 amide bonds. The molecule has 0 atom stereocenters. The van der Waals surface area contributed by atoms with Gasteiger partial charge in [-0.25, -0.2) is 16.9 Å². The summed E-state index contributed by atoms with van der Waals surface area (Å²) < 4.78 is 9.25. The van der Waals surface area contributed by atoms with Crippen LogP contribution < -0.4 is 0 Å². The topological polar surface area (TPSA) is 48.4 Å². The lowest BCUT2D eigenvalue weighted by Crippen LogP contribution is -2.12. The highest BCUT2D eigenvalue weighted by Crippen LogP contribution is 2.28. The van der Waals surface area contributed by atoms with Gasteiger partial charge < -0.3 is 9.47 Å². The van der Waals surface area contributed by atoms with E-state index < -0.39 is 5.97 Å². The number of carbonyl (C=O) groups is 1. The van der Waals surface area contributed by atoms with E-state index in [1.54, 1.807) is 27.8 Å². The summed E-state index contributed by atoms with van der Waals surface area (Å²) in [7, 11) is 6.23. The second-order valence-corrected chi connectivity index (χ2v) is 5.08. The zero-order chi connectivity index (χ0) is 11.6. The Morgan fingerprint density at radius 2 is 2.38 bits per heavy atom. The fourth-order valence-electron chi connectivity index (χ4n) is 0.813. The number of hydrogen-bond donors (Lipinski definition) is 0. The van der Waals surface area contributed by atoms with Gasteiger partial charge in [-0.3, -0.25) is 0 Å². The monoisotopic (exact) mass is 258 g/mol. The lowest BCUT2D eigenvalue weighted by atomic mass is 10.5. The number of carbonyl (C=O) groups excluding carboxylic acids is 1. The molecule has 1 rings (SSSR count). The van der Waals surface area contributed by atoms with Crippen molar-refractivity contribution >= 4 is 27.6 Å². The Bertz CT molecular complexity index is 308. The van der Waals surface area contributed by atoms with E-state index in [9.17, 15) is 4.79 Å². The van der Waals surface area contributed by atoms with E-state index in [0.29, 0.717) is 12.4 Å². The van der Waals surface area contributed by atoms with E-state index in [-0.39, 0.29) is 6.61 Å². The zero-order valence-electron chi connectivity index (χ0n) is 8.63. The smallest absolute Gasteiger partial charge is 0.329 e. The first kappa shape index (κ1) is 13.3. The van der Waals surface area contributed by atoms with Gasteiger partial charge in [0.2, 0.25) is 0 Å². The molecule has 0 saturated heterocycles. The molecule has 0 spiro atoms. The van der Waals surface area contributed by atoms with Gasteiger partial charge in [0.1, 0.15) is 18.2 Å². The second-order valence-electron chi connectivity index (χ2n) is 2.64. The SMILES string of the molecule is [CH2-]OCC(=O)OCCSSc1ccccn1. The third-order valence-corrected chi connectivity index (χ3v) is 3.66. The van der Waals surface area contributed by atoms with Crippen LogP contribution in [-0.2, 0) is 14.3 Å². The van der Waals surface area contributed by atoms with E-state index >= 15 is 0 Å². The zero-order valence-corrected chi connectivity index (χ0v) is 10.3. The molecule has 0 aliphatic rings. The minimum atomic E-state index is -0.390. The lowest BCUT2D eigenvalue weighted by molar-refractivity contribution is -0.146. The number of hydrogen-bond acceptors (Lipinski definition) is 6. The maximum absolute atomic E-state index is 10.9. The maximum Gasteiger partial charge on any atom is 0.329 e. The van der Waals surface area contributed by atoms with Crippen molar-refractivity contribution < 1.29 is 14.3 Å². The van der Waals surface area contributed by atoms with Crippen molar-refractivity contribution in [3.8, 4) is 0 Å². The molecule has 0 aliphatic carbocycles. The van der Waals surface area contributed by atoms with Crippen LogP contribution in [0.15, 0.2) is 29.4 Å². The summed E-state index contributed by atoms with van der Waals surface area (Å²) in [4.78, 5) is 15.0. The Morgan fingerprint density at radius 1 is 1.50 bits per heavy atom. The highest BCUT2D eigenvalue weighted by Gasteiger charge is 1.99. The quantitative estimate of drug-likeness (QED) is 0.323. The molecule has 4 nitrogen and oxygen atoms in total. The van der Waals surface area contributed by atoms with Crippen LogP contribution in [0.1, 0.15) is 0 Å². The largest absolute Gasteiger partial charge is 0.547 e. The Labute approximate surface area is 103 Å². The summed E-state index contributed by atoms with van der Waals surface area (Å²) in [5.74, 6) is 0.322. The number of rotatable bonds is 7. The summed E-state index contributed by atoms with van der Waals surface area (Å²) in [6, 6.07) is 5.73. The van der Waals surface area contributed by atoms with Crippen molar-refractivity contribution in [1.29, 1.82) is 0 Å². The standard InChI is InChI=1S/C10H12NO3S2/c1-13-8-10(12)14-6-7-15-16-9-4-2-3-5-11-9/h2-5H,1,6-8H2/q-1. The molecule has 1 aromatic heterocycles. The molecule has 0 radical (unpaired) electrons. The lowest BCUT2D eigenvalue weighted by Gasteiger charge is -2.05. The number of aromatic nitrogens is 1. The highest BCUT2D eigenvalue weighted by molar-refractivity contribution is 8.76. The fourth-order valence-corrected chi connectivity index (χ4v) is 2.52. The Balaban J connectivity index is 2.02. The van der Waals surface area contributed by atoms with Gasteiger partial charge in [0.15, 0.2) is 0 Å². The Kier molecular flexibility index (Phi) is 7.03. The van der Waals surface area contributed by atoms with E-state index in [1.807, 2.05) is 18.2 Å². The maximum atomic E-state index is 10.9. The van der Waals surface area contributed by atoms with Crippen molar-refractivity contribution in [1.82, 2.24) is 4.98 Å². The Morgan fingerprint density at radius 3 is 3.06 bits per heavy atom. The van der Waals surface area contributed by atoms with Gasteiger partial charge >= 0.3 is 5.97 Å². The molecule has 1 aromatic rings. The van der Waals surface area contributed by atoms with E-state index in [4.69, 9.17) is 4.74 Å². The molecule has 0 unspecified atom stereocenters. The van der Waals surface area contributed by atoms with Crippen molar-refractivity contribution in [3.63, 3.8) is 0 Å². The minimum Gasteiger partial charge on any atom is -0.547 e. The first-order chi connectivity index (χ1) is 7.83. The molecule has 88 valence electrons. The molecule has 1 heterocycles. The average molecular weight is 258 g/mol. The van der Waals surface area contributed by atoms with Crippen LogP contribution in [0.3, 0.4) is 0 Å². The normalized spacial score (nSPS) is 10.1. The fraction of sp³-hybridized carbons (Fsp3) is 0.300. The molecule has 0 aromatic carbocycles. The first-order valence-corrected chi connectivity index (χ1v) is 6.88. The summed E-state index contributed by atoms with van der Waals surface area (Å²) >= 11 is 0. The molecule has 0 fully saturated rings. The van der Waals surface area contributed by atoms with Gasteiger partial charge in [0.25, 0.3) is 0 Å². The van der Waals surface area contributed by atoms with Crippen LogP contribution in [0.25, 0.3) is 0 Å². The third kappa shape index (κ3) is 5.99. The Hall–Kier alpha value is -0.720. The van der Waals surface area contributed by atoms with Crippen LogP contribution >= 0.6 is 21.6 Å². The third-order valence-electron chi connectivity index (χ3n) is 1.43. The first-order valence-electron chi connectivity index (χ1n) is 4.56. The van der Waals surface area contributed by atoms with E-state index in [2.05, 4.69) is 16.8 Å². The molecular formula is C10H12NO3S2-. The van der Waals surface area contributed by atoms with Gasteiger partial charge in [-0.2, -0.15) is 0 Å². The van der Waals surface area contributed by atoms with Gasteiger partial charge in [-0.05, 0) is 22.9 Å². The molecule has 0 saturated carbocycles. The predicted molar refractivity (Wildman–Crippen MR) is 64.8 cm³/mol. The van der Waals surface area contributed by atoms with E-state index in [0.717, 1.165) is 5.03 Å². The summed E-state index contributed by atoms with van der Waals surface area (Å²) in [5, 5.41) is 0.944. The van der Waals surface area contributed by atoms with Crippen LogP contribution in [-0.4, -0.2) is 29.9 Å². The number of esters is 1. The summed E-state index contributed by atoms with van der Waals surface area (Å²) in [6.45, 7) is 0.269. The van der Waals surface area contributed by atoms with Crippen molar-refractivity contribution in [2.24, 2.45) is 0 Å². The number of ether oxygens (including phenoxy) is 2. The van der Waals surface area contributed by atoms with Gasteiger partial charge in [-0.1, -0.05) is 16.9 Å². The average Bonchev–Trinajstić information content (AvgIpc) is 2.30. The van der Waals surface area contributed by atoms with Crippen LogP contribution in [0.4, 0.5) is 0 Å².